The summed E-state index contributed by atoms with van der Waals surface area (Å²) in [6.07, 6.45) is 2.90. The second-order valence-electron chi connectivity index (χ2n) is 7.38. The fourth-order valence-corrected chi connectivity index (χ4v) is 4.07. The van der Waals surface area contributed by atoms with E-state index in [0.717, 1.165) is 37.3 Å². The Labute approximate surface area is 167 Å². The molecule has 1 heterocycles. The van der Waals surface area contributed by atoms with Crippen molar-refractivity contribution in [2.24, 2.45) is 0 Å². The molecular weight excluding hydrogens is 346 g/mol. The van der Waals surface area contributed by atoms with Gasteiger partial charge in [-0.15, -0.1) is 0 Å². The Balaban J connectivity index is 1.59. The molecule has 1 aliphatic heterocycles. The van der Waals surface area contributed by atoms with Crippen LogP contribution in [0.1, 0.15) is 33.9 Å². The summed E-state index contributed by atoms with van der Waals surface area (Å²) >= 11 is 0. The molecule has 0 saturated heterocycles. The number of hydrogen-bond acceptors (Lipinski definition) is 3. The van der Waals surface area contributed by atoms with E-state index in [0.29, 0.717) is 6.04 Å². The Morgan fingerprint density at radius 2 is 1.61 bits per heavy atom. The van der Waals surface area contributed by atoms with E-state index in [9.17, 15) is 0 Å². The fraction of sp³-hybridized carbons (Fsp3) is 0.280. The van der Waals surface area contributed by atoms with Crippen molar-refractivity contribution >= 4 is 0 Å². The zero-order valence-electron chi connectivity index (χ0n) is 16.6. The van der Waals surface area contributed by atoms with Gasteiger partial charge in [0.05, 0.1) is 14.2 Å². The summed E-state index contributed by atoms with van der Waals surface area (Å²) in [7, 11) is 3.47. The monoisotopic (exact) mass is 373 g/mol. The van der Waals surface area contributed by atoms with Crippen LogP contribution in [0.5, 0.6) is 11.5 Å². The average molecular weight is 373 g/mol. The van der Waals surface area contributed by atoms with E-state index >= 15 is 0 Å². The Kier molecular flexibility index (Phi) is 5.63. The molecule has 3 aromatic carbocycles. The minimum absolute atomic E-state index is 0.311. The van der Waals surface area contributed by atoms with Gasteiger partial charge in [-0.05, 0) is 77.9 Å². The van der Waals surface area contributed by atoms with Gasteiger partial charge in [-0.3, -0.25) is 0 Å². The third-order valence-corrected chi connectivity index (χ3v) is 5.46. The van der Waals surface area contributed by atoms with Gasteiger partial charge in [0.1, 0.15) is 11.5 Å². The molecule has 0 bridgehead atoms. The quantitative estimate of drug-likeness (QED) is 0.678. The molecule has 0 radical (unpaired) electrons. The van der Waals surface area contributed by atoms with Gasteiger partial charge in [-0.1, -0.05) is 42.5 Å². The van der Waals surface area contributed by atoms with Gasteiger partial charge in [-0.2, -0.15) is 0 Å². The summed E-state index contributed by atoms with van der Waals surface area (Å²) in [4.78, 5) is 0. The van der Waals surface area contributed by atoms with Crippen molar-refractivity contribution in [1.82, 2.24) is 5.32 Å². The van der Waals surface area contributed by atoms with Crippen molar-refractivity contribution in [3.05, 3.63) is 94.5 Å². The molecule has 0 saturated carbocycles. The van der Waals surface area contributed by atoms with E-state index in [-0.39, 0.29) is 0 Å². The first-order chi connectivity index (χ1) is 13.7. The van der Waals surface area contributed by atoms with Gasteiger partial charge in [-0.25, -0.2) is 0 Å². The summed E-state index contributed by atoms with van der Waals surface area (Å²) in [5.41, 5.74) is 6.66. The zero-order chi connectivity index (χ0) is 19.3. The summed E-state index contributed by atoms with van der Waals surface area (Å²) in [5.74, 6) is 1.86. The smallest absolute Gasteiger partial charge is 0.119 e. The van der Waals surface area contributed by atoms with Gasteiger partial charge in [0.15, 0.2) is 0 Å². The minimum atomic E-state index is 0.311. The lowest BCUT2D eigenvalue weighted by Gasteiger charge is -2.28. The summed E-state index contributed by atoms with van der Waals surface area (Å²) in [6.45, 7) is 0.992. The number of nitrogens with one attached hydrogen (secondary N) is 1. The number of benzene rings is 3. The van der Waals surface area contributed by atoms with E-state index in [4.69, 9.17) is 9.47 Å². The maximum Gasteiger partial charge on any atom is 0.119 e. The molecule has 0 fully saturated rings. The third kappa shape index (κ3) is 4.20. The van der Waals surface area contributed by atoms with E-state index in [2.05, 4.69) is 72.0 Å². The highest BCUT2D eigenvalue weighted by Gasteiger charge is 2.21. The first kappa shape index (κ1) is 18.6. The Morgan fingerprint density at radius 3 is 2.39 bits per heavy atom. The maximum absolute atomic E-state index is 5.59. The lowest BCUT2D eigenvalue weighted by molar-refractivity contribution is 0.411. The fourth-order valence-electron chi connectivity index (χ4n) is 4.07. The molecule has 1 aliphatic rings. The van der Waals surface area contributed by atoms with Crippen LogP contribution in [0.4, 0.5) is 0 Å². The molecule has 0 aliphatic carbocycles. The predicted octanol–water partition coefficient (Wildman–Crippen LogP) is 4.72. The van der Waals surface area contributed by atoms with Gasteiger partial charge in [0.2, 0.25) is 0 Å². The van der Waals surface area contributed by atoms with Crippen molar-refractivity contribution in [2.75, 3.05) is 20.8 Å². The van der Waals surface area contributed by atoms with Gasteiger partial charge in [0, 0.05) is 6.04 Å². The van der Waals surface area contributed by atoms with E-state index in [1.807, 2.05) is 0 Å². The third-order valence-electron chi connectivity index (χ3n) is 5.46. The standard InChI is InChI=1S/C25H27NO2/c1-27-22-8-9-24-21(17-22)10-11-26-25(24)16-20-13-19(14-23(15-20)28-2)12-18-6-4-3-5-7-18/h3-9,13-15,17,25-26H,10-12,16H2,1-2H3. The maximum atomic E-state index is 5.59. The molecule has 144 valence electrons. The van der Waals surface area contributed by atoms with Gasteiger partial charge < -0.3 is 14.8 Å². The SMILES string of the molecule is COc1cc(Cc2ccccc2)cc(CC2NCCc3cc(OC)ccc32)c1. The molecular formula is C25H27NO2. The first-order valence-electron chi connectivity index (χ1n) is 9.86. The van der Waals surface area contributed by atoms with E-state index < -0.39 is 0 Å². The minimum Gasteiger partial charge on any atom is -0.497 e. The Morgan fingerprint density at radius 1 is 0.821 bits per heavy atom. The molecule has 3 heteroatoms. The summed E-state index contributed by atoms with van der Waals surface area (Å²) < 4.78 is 11.0. The molecule has 0 aromatic heterocycles. The summed E-state index contributed by atoms with van der Waals surface area (Å²) in [5, 5.41) is 3.69. The Hall–Kier alpha value is -2.78. The van der Waals surface area contributed by atoms with Crippen molar-refractivity contribution in [3.63, 3.8) is 0 Å². The molecule has 3 nitrogen and oxygen atoms in total. The normalized spacial score (nSPS) is 15.7. The van der Waals surface area contributed by atoms with Crippen molar-refractivity contribution < 1.29 is 9.47 Å². The lowest BCUT2D eigenvalue weighted by atomic mass is 9.89. The largest absolute Gasteiger partial charge is 0.497 e. The van der Waals surface area contributed by atoms with Crippen LogP contribution >= 0.6 is 0 Å². The molecule has 1 N–H and O–H groups in total. The van der Waals surface area contributed by atoms with Gasteiger partial charge in [0.25, 0.3) is 0 Å². The number of ether oxygens (including phenoxy) is 2. The second kappa shape index (κ2) is 8.49. The lowest BCUT2D eigenvalue weighted by Crippen LogP contribution is -2.31. The van der Waals surface area contributed by atoms with Crippen LogP contribution in [0.25, 0.3) is 0 Å². The highest BCUT2D eigenvalue weighted by atomic mass is 16.5. The molecule has 28 heavy (non-hydrogen) atoms. The molecule has 0 amide bonds. The molecule has 4 rings (SSSR count). The number of methoxy groups -OCH3 is 2. The van der Waals surface area contributed by atoms with Crippen LogP contribution in [-0.2, 0) is 19.3 Å². The first-order valence-corrected chi connectivity index (χ1v) is 9.86. The number of fused-ring (bicyclic) bond motifs is 1. The van der Waals surface area contributed by atoms with Crippen molar-refractivity contribution in [3.8, 4) is 11.5 Å². The van der Waals surface area contributed by atoms with Crippen LogP contribution < -0.4 is 14.8 Å². The van der Waals surface area contributed by atoms with Crippen LogP contribution in [0, 0.1) is 0 Å². The highest BCUT2D eigenvalue weighted by molar-refractivity contribution is 5.42. The van der Waals surface area contributed by atoms with Crippen LogP contribution in [-0.4, -0.2) is 20.8 Å². The van der Waals surface area contributed by atoms with E-state index in [1.54, 1.807) is 14.2 Å². The highest BCUT2D eigenvalue weighted by Crippen LogP contribution is 2.30. The second-order valence-corrected chi connectivity index (χ2v) is 7.38. The number of rotatable bonds is 6. The van der Waals surface area contributed by atoms with Crippen LogP contribution in [0.15, 0.2) is 66.7 Å². The molecule has 1 atom stereocenters. The topological polar surface area (TPSA) is 30.5 Å². The summed E-state index contributed by atoms with van der Waals surface area (Å²) in [6, 6.07) is 24.0. The average Bonchev–Trinajstić information content (AvgIpc) is 2.74. The van der Waals surface area contributed by atoms with Crippen molar-refractivity contribution in [2.45, 2.75) is 25.3 Å². The van der Waals surface area contributed by atoms with E-state index in [1.165, 1.54) is 27.8 Å². The molecule has 3 aromatic rings. The molecule has 1 unspecified atom stereocenters. The Bertz CT molecular complexity index is 937. The van der Waals surface area contributed by atoms with Crippen LogP contribution in [0.2, 0.25) is 0 Å². The van der Waals surface area contributed by atoms with Gasteiger partial charge >= 0.3 is 0 Å². The number of hydrogen-bond donors (Lipinski definition) is 1. The van der Waals surface area contributed by atoms with Crippen LogP contribution in [0.3, 0.4) is 0 Å². The predicted molar refractivity (Wildman–Crippen MR) is 113 cm³/mol. The zero-order valence-corrected chi connectivity index (χ0v) is 16.6. The van der Waals surface area contributed by atoms with Crippen molar-refractivity contribution in [1.29, 1.82) is 0 Å². The molecule has 0 spiro atoms.